The van der Waals surface area contributed by atoms with Gasteiger partial charge in [-0.3, -0.25) is 4.79 Å². The van der Waals surface area contributed by atoms with Crippen LogP contribution in [0.2, 0.25) is 0 Å². The highest BCUT2D eigenvalue weighted by Gasteiger charge is 2.31. The molecule has 0 amide bonds. The van der Waals surface area contributed by atoms with Crippen molar-refractivity contribution in [1.29, 1.82) is 0 Å². The first kappa shape index (κ1) is 13.2. The lowest BCUT2D eigenvalue weighted by Gasteiger charge is -2.24. The number of hydrogen-bond donors (Lipinski definition) is 0. The molecule has 0 aliphatic carbocycles. The van der Waals surface area contributed by atoms with Crippen molar-refractivity contribution in [2.24, 2.45) is 5.92 Å². The second kappa shape index (κ2) is 5.44. The Morgan fingerprint density at radius 1 is 1.60 bits per heavy atom. The lowest BCUT2D eigenvalue weighted by atomic mass is 10.1. The fourth-order valence-electron chi connectivity index (χ4n) is 1.59. The van der Waals surface area contributed by atoms with Gasteiger partial charge < -0.3 is 0 Å². The minimum Gasteiger partial charge on any atom is -0.288 e. The molecule has 0 spiro atoms. The van der Waals surface area contributed by atoms with E-state index < -0.39 is 0 Å². The van der Waals surface area contributed by atoms with Crippen molar-refractivity contribution in [3.05, 3.63) is 12.2 Å². The van der Waals surface area contributed by atoms with E-state index in [0.29, 0.717) is 11.2 Å². The molecule has 0 saturated carbocycles. The first-order chi connectivity index (χ1) is 6.93. The van der Waals surface area contributed by atoms with Crippen LogP contribution in [0.3, 0.4) is 0 Å². The Labute approximate surface area is 101 Å². The zero-order valence-electron chi connectivity index (χ0n) is 9.95. The van der Waals surface area contributed by atoms with Gasteiger partial charge in [0, 0.05) is 22.7 Å². The summed E-state index contributed by atoms with van der Waals surface area (Å²) in [5.41, 5.74) is 0. The second-order valence-corrected chi connectivity index (χ2v) is 7.57. The topological polar surface area (TPSA) is 17.1 Å². The predicted molar refractivity (Wildman–Crippen MR) is 71.5 cm³/mol. The van der Waals surface area contributed by atoms with Crippen LogP contribution in [0, 0.1) is 5.92 Å². The molecule has 1 nitrogen and oxygen atoms in total. The highest BCUT2D eigenvalue weighted by atomic mass is 32.2. The van der Waals surface area contributed by atoms with E-state index in [9.17, 15) is 4.79 Å². The Kier molecular flexibility index (Phi) is 4.78. The summed E-state index contributed by atoms with van der Waals surface area (Å²) >= 11 is 3.48. The number of rotatable bonds is 4. The zero-order valence-corrected chi connectivity index (χ0v) is 11.6. The normalized spacial score (nSPS) is 30.1. The predicted octanol–water partition coefficient (Wildman–Crippen LogP) is 3.74. The van der Waals surface area contributed by atoms with Gasteiger partial charge in [-0.15, -0.1) is 11.8 Å². The quantitative estimate of drug-likeness (QED) is 0.701. The molecule has 0 N–H and O–H groups in total. The van der Waals surface area contributed by atoms with Crippen LogP contribution < -0.4 is 0 Å². The zero-order chi connectivity index (χ0) is 11.5. The molecule has 15 heavy (non-hydrogen) atoms. The summed E-state index contributed by atoms with van der Waals surface area (Å²) in [6.07, 6.45) is 5.73. The van der Waals surface area contributed by atoms with Crippen molar-refractivity contribution < 1.29 is 4.79 Å². The Hall–Kier alpha value is 0.110. The molecular weight excluding hydrogens is 224 g/mol. The minimum absolute atomic E-state index is 0.228. The monoisotopic (exact) mass is 244 g/mol. The molecule has 0 aromatic rings. The van der Waals surface area contributed by atoms with Crippen molar-refractivity contribution in [3.63, 3.8) is 0 Å². The van der Waals surface area contributed by atoms with E-state index in [-0.39, 0.29) is 9.86 Å². The fraction of sp³-hybridized carbons (Fsp3) is 0.750. The van der Waals surface area contributed by atoms with Crippen LogP contribution in [0.25, 0.3) is 0 Å². The summed E-state index contributed by atoms with van der Waals surface area (Å²) < 4.78 is 0.247. The first-order valence-electron chi connectivity index (χ1n) is 5.43. The van der Waals surface area contributed by atoms with Crippen LogP contribution in [-0.2, 0) is 4.79 Å². The number of carbonyl (C=O) groups is 1. The minimum atomic E-state index is 0.228. The van der Waals surface area contributed by atoms with Crippen molar-refractivity contribution >= 4 is 28.6 Å². The van der Waals surface area contributed by atoms with E-state index in [2.05, 4.69) is 32.9 Å². The summed E-state index contributed by atoms with van der Waals surface area (Å²) in [7, 11) is 0. The molecule has 1 aliphatic heterocycles. The molecule has 1 rings (SSSR count). The smallest absolute Gasteiger partial charge is 0.185 e. The molecule has 86 valence electrons. The molecule has 0 aromatic carbocycles. The largest absolute Gasteiger partial charge is 0.288 e. The van der Waals surface area contributed by atoms with E-state index in [1.165, 1.54) is 11.8 Å². The number of carbonyl (C=O) groups excluding carboxylic acids is 1. The van der Waals surface area contributed by atoms with Crippen LogP contribution in [0.5, 0.6) is 0 Å². The maximum Gasteiger partial charge on any atom is 0.185 e. The summed E-state index contributed by atoms with van der Waals surface area (Å²) in [6, 6.07) is 0. The Balaban J connectivity index is 2.36. The first-order valence-corrected chi connectivity index (χ1v) is 7.30. The van der Waals surface area contributed by atoms with Gasteiger partial charge in [0.1, 0.15) is 0 Å². The van der Waals surface area contributed by atoms with Gasteiger partial charge in [0.2, 0.25) is 0 Å². The highest BCUT2D eigenvalue weighted by molar-refractivity contribution is 8.13. The van der Waals surface area contributed by atoms with Crippen molar-refractivity contribution in [2.45, 2.75) is 44.1 Å². The molecular formula is C12H20OS2. The van der Waals surface area contributed by atoms with Gasteiger partial charge in [0.15, 0.2) is 5.12 Å². The van der Waals surface area contributed by atoms with Gasteiger partial charge >= 0.3 is 0 Å². The molecule has 0 fully saturated rings. The van der Waals surface area contributed by atoms with Crippen LogP contribution in [-0.4, -0.2) is 20.9 Å². The van der Waals surface area contributed by atoms with Crippen molar-refractivity contribution in [3.8, 4) is 0 Å². The molecule has 0 saturated heterocycles. The standard InChI is InChI=1S/C12H20OS2/c1-9(2)11-5-6-12(4,15-11)7-8-14-10(3)13/h5-6,9,11H,7-8H2,1-4H3. The van der Waals surface area contributed by atoms with Gasteiger partial charge in [-0.05, 0) is 19.3 Å². The lowest BCUT2D eigenvalue weighted by molar-refractivity contribution is -0.109. The van der Waals surface area contributed by atoms with Crippen LogP contribution in [0.4, 0.5) is 0 Å². The Morgan fingerprint density at radius 3 is 2.73 bits per heavy atom. The third-order valence-corrected chi connectivity index (χ3v) is 5.27. The van der Waals surface area contributed by atoms with Gasteiger partial charge in [-0.1, -0.05) is 37.8 Å². The third-order valence-electron chi connectivity index (χ3n) is 2.60. The van der Waals surface area contributed by atoms with Crippen LogP contribution in [0.15, 0.2) is 12.2 Å². The maximum absolute atomic E-state index is 10.8. The van der Waals surface area contributed by atoms with Crippen molar-refractivity contribution in [2.75, 3.05) is 5.75 Å². The van der Waals surface area contributed by atoms with Gasteiger partial charge in [-0.25, -0.2) is 0 Å². The molecule has 3 heteroatoms. The second-order valence-electron chi connectivity index (χ2n) is 4.59. The fourth-order valence-corrected chi connectivity index (χ4v) is 3.96. The van der Waals surface area contributed by atoms with Gasteiger partial charge in [-0.2, -0.15) is 0 Å². The van der Waals surface area contributed by atoms with E-state index in [1.54, 1.807) is 6.92 Å². The van der Waals surface area contributed by atoms with Crippen LogP contribution in [0.1, 0.15) is 34.1 Å². The highest BCUT2D eigenvalue weighted by Crippen LogP contribution is 2.43. The van der Waals surface area contributed by atoms with Crippen molar-refractivity contribution in [1.82, 2.24) is 0 Å². The molecule has 2 atom stereocenters. The van der Waals surface area contributed by atoms with Crippen LogP contribution >= 0.6 is 23.5 Å². The molecule has 0 radical (unpaired) electrons. The maximum atomic E-state index is 10.8. The Bertz CT molecular complexity index is 260. The van der Waals surface area contributed by atoms with E-state index in [0.717, 1.165) is 12.2 Å². The molecule has 1 heterocycles. The SMILES string of the molecule is CC(=O)SCCC1(C)C=CC(C(C)C)S1. The third kappa shape index (κ3) is 4.23. The molecule has 1 aliphatic rings. The average molecular weight is 244 g/mol. The summed E-state index contributed by atoms with van der Waals surface area (Å²) in [5.74, 6) is 1.64. The van der Waals surface area contributed by atoms with E-state index in [4.69, 9.17) is 0 Å². The average Bonchev–Trinajstić information content (AvgIpc) is 2.47. The van der Waals surface area contributed by atoms with Gasteiger partial charge in [0.05, 0.1) is 0 Å². The summed E-state index contributed by atoms with van der Waals surface area (Å²) in [4.78, 5) is 10.8. The van der Waals surface area contributed by atoms with Gasteiger partial charge in [0.25, 0.3) is 0 Å². The lowest BCUT2D eigenvalue weighted by Crippen LogP contribution is -2.18. The summed E-state index contributed by atoms with van der Waals surface area (Å²) in [5, 5.41) is 0.878. The molecule has 0 aromatic heterocycles. The number of hydrogen-bond acceptors (Lipinski definition) is 3. The van der Waals surface area contributed by atoms with E-state index in [1.807, 2.05) is 11.8 Å². The molecule has 2 unspecified atom stereocenters. The summed E-state index contributed by atoms with van der Waals surface area (Å²) in [6.45, 7) is 8.44. The number of thioether (sulfide) groups is 2. The van der Waals surface area contributed by atoms with E-state index >= 15 is 0 Å². The Morgan fingerprint density at radius 2 is 2.27 bits per heavy atom. The molecule has 0 bridgehead atoms.